The molecule has 7 heteroatoms. The maximum atomic E-state index is 12.6. The molecule has 1 aromatic rings. The largest absolute Gasteiger partial charge is 0.443 e. The Morgan fingerprint density at radius 2 is 1.84 bits per heavy atom. The molecule has 0 saturated carbocycles. The van der Waals surface area contributed by atoms with E-state index in [0.717, 1.165) is 10.0 Å². The molecule has 3 amide bonds. The number of nitrogens with zero attached hydrogens (tertiary/aromatic N) is 1. The van der Waals surface area contributed by atoms with Gasteiger partial charge < -0.3 is 9.47 Å². The maximum absolute atomic E-state index is 12.6. The van der Waals surface area contributed by atoms with Crippen molar-refractivity contribution in [1.29, 1.82) is 0 Å². The Balaban J connectivity index is 2.09. The van der Waals surface area contributed by atoms with Crippen LogP contribution in [0.5, 0.6) is 0 Å². The fourth-order valence-corrected chi connectivity index (χ4v) is 2.71. The van der Waals surface area contributed by atoms with Crippen LogP contribution in [0.4, 0.5) is 4.79 Å². The lowest BCUT2D eigenvalue weighted by molar-refractivity contribution is -0.160. The second kappa shape index (κ2) is 7.66. The fraction of sp³-hybridized carbons (Fsp3) is 0.500. The smallest absolute Gasteiger partial charge is 0.424 e. The summed E-state index contributed by atoms with van der Waals surface area (Å²) in [6.07, 6.45) is -1.85. The second-order valence-corrected chi connectivity index (χ2v) is 7.82. The highest BCUT2D eigenvalue weighted by molar-refractivity contribution is 9.10. The van der Waals surface area contributed by atoms with Crippen LogP contribution in [0.15, 0.2) is 28.7 Å². The predicted molar refractivity (Wildman–Crippen MR) is 94.8 cm³/mol. The number of ether oxygens (including phenoxy) is 2. The number of rotatable bonds is 3. The van der Waals surface area contributed by atoms with E-state index in [1.165, 1.54) is 0 Å². The first-order valence-electron chi connectivity index (χ1n) is 8.09. The molecule has 1 fully saturated rings. The van der Waals surface area contributed by atoms with Crippen LogP contribution in [0.3, 0.4) is 0 Å². The van der Waals surface area contributed by atoms with Crippen molar-refractivity contribution < 1.29 is 23.9 Å². The standard InChI is InChI=1S/C18H22BrNO5/c1-11(12-5-7-13(19)8-6-12)24-14-9-10-15(21)20(16(14)22)17(23)25-18(2,3)4/h5-8,11,14H,9-10H2,1-4H3. The first kappa shape index (κ1) is 19.6. The number of carbonyl (C=O) groups is 3. The van der Waals surface area contributed by atoms with Gasteiger partial charge in [-0.25, -0.2) is 4.79 Å². The zero-order valence-electron chi connectivity index (χ0n) is 14.7. The molecule has 0 N–H and O–H groups in total. The summed E-state index contributed by atoms with van der Waals surface area (Å²) < 4.78 is 11.9. The van der Waals surface area contributed by atoms with Gasteiger partial charge in [0, 0.05) is 10.9 Å². The van der Waals surface area contributed by atoms with E-state index >= 15 is 0 Å². The van der Waals surface area contributed by atoms with Crippen molar-refractivity contribution >= 4 is 33.8 Å². The average Bonchev–Trinajstić information content (AvgIpc) is 2.49. The SMILES string of the molecule is CC(OC1CCC(=O)N(C(=O)OC(C)(C)C)C1=O)c1ccc(Br)cc1. The van der Waals surface area contributed by atoms with Crippen molar-refractivity contribution in [1.82, 2.24) is 4.90 Å². The van der Waals surface area contributed by atoms with Crippen LogP contribution in [0.2, 0.25) is 0 Å². The Kier molecular flexibility index (Phi) is 6.00. The molecular weight excluding hydrogens is 390 g/mol. The molecule has 1 aliphatic rings. The van der Waals surface area contributed by atoms with Crippen molar-refractivity contribution in [2.45, 2.75) is 58.3 Å². The summed E-state index contributed by atoms with van der Waals surface area (Å²) in [6.45, 7) is 6.85. The number of imide groups is 3. The predicted octanol–water partition coefficient (Wildman–Crippen LogP) is 3.98. The highest BCUT2D eigenvalue weighted by Crippen LogP contribution is 2.26. The molecule has 1 saturated heterocycles. The van der Waals surface area contributed by atoms with Gasteiger partial charge >= 0.3 is 6.09 Å². The third kappa shape index (κ3) is 5.12. The van der Waals surface area contributed by atoms with Gasteiger partial charge in [-0.2, -0.15) is 4.90 Å². The van der Waals surface area contributed by atoms with Crippen LogP contribution in [0, 0.1) is 0 Å². The number of amides is 3. The van der Waals surface area contributed by atoms with E-state index in [9.17, 15) is 14.4 Å². The van der Waals surface area contributed by atoms with Gasteiger partial charge in [-0.15, -0.1) is 0 Å². The summed E-state index contributed by atoms with van der Waals surface area (Å²) in [6, 6.07) is 7.54. The molecule has 25 heavy (non-hydrogen) atoms. The van der Waals surface area contributed by atoms with E-state index in [2.05, 4.69) is 15.9 Å². The third-order valence-electron chi connectivity index (χ3n) is 3.65. The third-order valence-corrected chi connectivity index (χ3v) is 4.18. The summed E-state index contributed by atoms with van der Waals surface area (Å²) in [7, 11) is 0. The average molecular weight is 412 g/mol. The van der Waals surface area contributed by atoms with Crippen LogP contribution in [-0.4, -0.2) is 34.5 Å². The second-order valence-electron chi connectivity index (χ2n) is 6.90. The molecular formula is C18H22BrNO5. The lowest BCUT2D eigenvalue weighted by atomic mass is 10.1. The Bertz CT molecular complexity index is 665. The van der Waals surface area contributed by atoms with Gasteiger partial charge in [-0.3, -0.25) is 9.59 Å². The number of hydrogen-bond donors (Lipinski definition) is 0. The fourth-order valence-electron chi connectivity index (χ4n) is 2.44. The molecule has 2 atom stereocenters. The molecule has 0 radical (unpaired) electrons. The zero-order valence-corrected chi connectivity index (χ0v) is 16.3. The molecule has 1 aromatic carbocycles. The normalized spacial score (nSPS) is 19.7. The number of halogens is 1. The minimum Gasteiger partial charge on any atom is -0.443 e. The molecule has 1 aliphatic heterocycles. The summed E-state index contributed by atoms with van der Waals surface area (Å²) in [5.41, 5.74) is 0.104. The lowest BCUT2D eigenvalue weighted by Crippen LogP contribution is -2.53. The Hall–Kier alpha value is -1.73. The van der Waals surface area contributed by atoms with Crippen molar-refractivity contribution in [2.24, 2.45) is 0 Å². The maximum Gasteiger partial charge on any atom is 0.424 e. The van der Waals surface area contributed by atoms with Crippen LogP contribution in [0.1, 0.15) is 52.2 Å². The summed E-state index contributed by atoms with van der Waals surface area (Å²) in [5.74, 6) is -1.23. The minimum absolute atomic E-state index is 0.0582. The van der Waals surface area contributed by atoms with Crippen LogP contribution < -0.4 is 0 Å². The monoisotopic (exact) mass is 411 g/mol. The summed E-state index contributed by atoms with van der Waals surface area (Å²) in [4.78, 5) is 37.3. The molecule has 2 rings (SSSR count). The van der Waals surface area contributed by atoms with Crippen molar-refractivity contribution in [3.8, 4) is 0 Å². The highest BCUT2D eigenvalue weighted by atomic mass is 79.9. The molecule has 1 heterocycles. The first-order valence-corrected chi connectivity index (χ1v) is 8.88. The van der Waals surface area contributed by atoms with Crippen molar-refractivity contribution in [3.05, 3.63) is 34.3 Å². The number of piperidine rings is 1. The number of hydrogen-bond acceptors (Lipinski definition) is 5. The molecule has 2 unspecified atom stereocenters. The van der Waals surface area contributed by atoms with E-state index in [1.54, 1.807) is 20.8 Å². The van der Waals surface area contributed by atoms with E-state index in [-0.39, 0.29) is 18.9 Å². The van der Waals surface area contributed by atoms with Crippen LogP contribution in [0.25, 0.3) is 0 Å². The summed E-state index contributed by atoms with van der Waals surface area (Å²) >= 11 is 3.37. The molecule has 0 bridgehead atoms. The van der Waals surface area contributed by atoms with E-state index in [1.807, 2.05) is 31.2 Å². The van der Waals surface area contributed by atoms with Crippen LogP contribution >= 0.6 is 15.9 Å². The number of likely N-dealkylation sites (tertiary alicyclic amines) is 1. The van der Waals surface area contributed by atoms with Gasteiger partial charge in [0.15, 0.2) is 0 Å². The van der Waals surface area contributed by atoms with E-state index in [4.69, 9.17) is 9.47 Å². The quantitative estimate of drug-likeness (QED) is 0.703. The number of carbonyl (C=O) groups excluding carboxylic acids is 3. The van der Waals surface area contributed by atoms with Gasteiger partial charge in [0.1, 0.15) is 11.7 Å². The zero-order chi connectivity index (χ0) is 18.8. The summed E-state index contributed by atoms with van der Waals surface area (Å²) in [5, 5.41) is 0. The molecule has 136 valence electrons. The van der Waals surface area contributed by atoms with Gasteiger partial charge in [0.05, 0.1) is 6.10 Å². The van der Waals surface area contributed by atoms with Crippen molar-refractivity contribution in [2.75, 3.05) is 0 Å². The topological polar surface area (TPSA) is 72.9 Å². The first-order chi connectivity index (χ1) is 11.6. The minimum atomic E-state index is -0.952. The molecule has 0 spiro atoms. The van der Waals surface area contributed by atoms with Gasteiger partial charge in [-0.05, 0) is 51.8 Å². The Labute approximate surface area is 155 Å². The van der Waals surface area contributed by atoms with Gasteiger partial charge in [-0.1, -0.05) is 28.1 Å². The molecule has 0 aliphatic carbocycles. The Morgan fingerprint density at radius 1 is 1.24 bits per heavy atom. The highest BCUT2D eigenvalue weighted by Gasteiger charge is 2.41. The molecule has 6 nitrogen and oxygen atoms in total. The van der Waals surface area contributed by atoms with Crippen molar-refractivity contribution in [3.63, 3.8) is 0 Å². The molecule has 0 aromatic heterocycles. The number of benzene rings is 1. The van der Waals surface area contributed by atoms with E-state index in [0.29, 0.717) is 4.90 Å². The van der Waals surface area contributed by atoms with E-state index < -0.39 is 29.6 Å². The van der Waals surface area contributed by atoms with Gasteiger partial charge in [0.25, 0.3) is 5.91 Å². The van der Waals surface area contributed by atoms with Crippen LogP contribution in [-0.2, 0) is 19.1 Å². The Morgan fingerprint density at radius 3 is 2.40 bits per heavy atom. The lowest BCUT2D eigenvalue weighted by Gasteiger charge is -2.32. The van der Waals surface area contributed by atoms with Gasteiger partial charge in [0.2, 0.25) is 5.91 Å².